The predicted molar refractivity (Wildman–Crippen MR) is 88.5 cm³/mol. The Bertz CT molecular complexity index is 753. The third kappa shape index (κ3) is 2.78. The molecule has 0 spiro atoms. The summed E-state index contributed by atoms with van der Waals surface area (Å²) in [7, 11) is 0. The molecule has 0 fully saturated rings. The average molecular weight is 332 g/mol. The second-order valence-electron chi connectivity index (χ2n) is 5.72. The van der Waals surface area contributed by atoms with Crippen molar-refractivity contribution in [3.63, 3.8) is 0 Å². The van der Waals surface area contributed by atoms with Crippen molar-refractivity contribution in [3.8, 4) is 17.1 Å². The van der Waals surface area contributed by atoms with Crippen molar-refractivity contribution in [2.24, 2.45) is 5.73 Å². The van der Waals surface area contributed by atoms with E-state index in [2.05, 4.69) is 0 Å². The molecule has 0 saturated carbocycles. The highest BCUT2D eigenvalue weighted by Crippen LogP contribution is 2.40. The Morgan fingerprint density at radius 2 is 2.04 bits per heavy atom. The topological polar surface area (TPSA) is 68.7 Å². The zero-order chi connectivity index (χ0) is 17.3. The van der Waals surface area contributed by atoms with Crippen LogP contribution in [0.25, 0.3) is 11.3 Å². The molecule has 3 rings (SSSR count). The molecule has 128 valence electrons. The molecule has 1 atom stereocenters. The van der Waals surface area contributed by atoms with E-state index in [1.807, 2.05) is 13.8 Å². The lowest BCUT2D eigenvalue weighted by Gasteiger charge is -2.16. The largest absolute Gasteiger partial charge is 0.488 e. The van der Waals surface area contributed by atoms with Crippen LogP contribution in [0.2, 0.25) is 0 Å². The molecule has 1 amide bonds. The number of benzene rings is 1. The van der Waals surface area contributed by atoms with Gasteiger partial charge in [-0.1, -0.05) is 0 Å². The van der Waals surface area contributed by atoms with E-state index in [1.54, 1.807) is 23.1 Å². The van der Waals surface area contributed by atoms with Crippen molar-refractivity contribution in [2.45, 2.75) is 26.4 Å². The quantitative estimate of drug-likeness (QED) is 0.914. The minimum Gasteiger partial charge on any atom is -0.488 e. The van der Waals surface area contributed by atoms with Crippen LogP contribution in [0.1, 0.15) is 30.0 Å². The number of halogens is 1. The van der Waals surface area contributed by atoms with Gasteiger partial charge in [-0.2, -0.15) is 0 Å². The summed E-state index contributed by atoms with van der Waals surface area (Å²) in [5.41, 5.74) is 6.79. The summed E-state index contributed by atoms with van der Waals surface area (Å²) in [6.07, 6.45) is 0.208. The Labute approximate surface area is 140 Å². The highest BCUT2D eigenvalue weighted by molar-refractivity contribution is 5.92. The Kier molecular flexibility index (Phi) is 4.57. The van der Waals surface area contributed by atoms with Gasteiger partial charge in [0.2, 0.25) is 0 Å². The van der Waals surface area contributed by atoms with Gasteiger partial charge in [0.05, 0.1) is 5.56 Å². The molecule has 6 heteroatoms. The number of hydrogen-bond donors (Lipinski definition) is 1. The lowest BCUT2D eigenvalue weighted by molar-refractivity contribution is 0.0742. The number of nitrogens with two attached hydrogens (primary N) is 1. The summed E-state index contributed by atoms with van der Waals surface area (Å²) in [5, 5.41) is 0. The molecule has 1 aliphatic rings. The lowest BCUT2D eigenvalue weighted by Crippen LogP contribution is -2.30. The number of carbonyl (C=O) groups is 1. The molecule has 0 saturated heterocycles. The highest BCUT2D eigenvalue weighted by Gasteiger charge is 2.29. The minimum absolute atomic E-state index is 0.161. The third-order valence-corrected chi connectivity index (χ3v) is 4.32. The molecule has 0 aliphatic carbocycles. The first-order valence-corrected chi connectivity index (χ1v) is 8.16. The fraction of sp³-hybridized carbons (Fsp3) is 0.389. The van der Waals surface area contributed by atoms with Crippen LogP contribution in [0.5, 0.6) is 5.75 Å². The molecule has 1 aromatic carbocycles. The second-order valence-corrected chi connectivity index (χ2v) is 5.72. The zero-order valence-electron chi connectivity index (χ0n) is 13.8. The molecule has 1 aliphatic heterocycles. The average Bonchev–Trinajstić information content (AvgIpc) is 3.23. The van der Waals surface area contributed by atoms with E-state index >= 15 is 0 Å². The summed E-state index contributed by atoms with van der Waals surface area (Å²) >= 11 is 0. The molecule has 0 radical (unpaired) electrons. The Morgan fingerprint density at radius 3 is 2.71 bits per heavy atom. The highest BCUT2D eigenvalue weighted by atomic mass is 19.1. The molecule has 0 bridgehead atoms. The molecule has 5 nitrogen and oxygen atoms in total. The summed E-state index contributed by atoms with van der Waals surface area (Å²) in [5.74, 6) is 0.739. The van der Waals surface area contributed by atoms with Crippen molar-refractivity contribution in [1.82, 2.24) is 4.90 Å². The van der Waals surface area contributed by atoms with Gasteiger partial charge >= 0.3 is 0 Å². The normalized spacial score (nSPS) is 15.9. The number of amides is 1. The maximum Gasteiger partial charge on any atom is 0.289 e. The van der Waals surface area contributed by atoms with Crippen LogP contribution >= 0.6 is 0 Å². The number of ether oxygens (including phenoxy) is 1. The number of nitrogens with zero attached hydrogens (tertiary/aromatic N) is 1. The lowest BCUT2D eigenvalue weighted by atomic mass is 10.0. The summed E-state index contributed by atoms with van der Waals surface area (Å²) in [6, 6.07) is 6.35. The Hall–Kier alpha value is -2.34. The van der Waals surface area contributed by atoms with Gasteiger partial charge in [0.25, 0.3) is 5.91 Å². The fourth-order valence-corrected chi connectivity index (χ4v) is 2.95. The molecule has 2 aromatic rings. The second kappa shape index (κ2) is 6.65. The van der Waals surface area contributed by atoms with Crippen LogP contribution in [0.15, 0.2) is 28.7 Å². The number of furan rings is 1. The van der Waals surface area contributed by atoms with Crippen molar-refractivity contribution in [3.05, 3.63) is 41.4 Å². The van der Waals surface area contributed by atoms with Gasteiger partial charge in [-0.3, -0.25) is 4.79 Å². The van der Waals surface area contributed by atoms with Crippen LogP contribution in [-0.2, 0) is 6.42 Å². The van der Waals surface area contributed by atoms with Crippen LogP contribution in [0.3, 0.4) is 0 Å². The van der Waals surface area contributed by atoms with Crippen LogP contribution in [0.4, 0.5) is 4.39 Å². The van der Waals surface area contributed by atoms with Crippen molar-refractivity contribution in [1.29, 1.82) is 0 Å². The van der Waals surface area contributed by atoms with E-state index in [4.69, 9.17) is 14.9 Å². The molecular formula is C18H21FN2O3. The van der Waals surface area contributed by atoms with E-state index in [9.17, 15) is 9.18 Å². The van der Waals surface area contributed by atoms with Gasteiger partial charge in [0.1, 0.15) is 23.4 Å². The summed E-state index contributed by atoms with van der Waals surface area (Å²) in [4.78, 5) is 14.0. The van der Waals surface area contributed by atoms with Crippen molar-refractivity contribution in [2.75, 3.05) is 19.6 Å². The molecule has 0 unspecified atom stereocenters. The summed E-state index contributed by atoms with van der Waals surface area (Å²) < 4.78 is 25.5. The number of hydrogen-bond acceptors (Lipinski definition) is 4. The van der Waals surface area contributed by atoms with Gasteiger partial charge < -0.3 is 19.8 Å². The molecule has 1 aromatic heterocycles. The van der Waals surface area contributed by atoms with Crippen molar-refractivity contribution >= 4 is 5.91 Å². The van der Waals surface area contributed by atoms with Gasteiger partial charge in [-0.05, 0) is 38.1 Å². The third-order valence-electron chi connectivity index (χ3n) is 4.32. The predicted octanol–water partition coefficient (Wildman–Crippen LogP) is 2.83. The van der Waals surface area contributed by atoms with E-state index in [1.165, 1.54) is 6.07 Å². The minimum atomic E-state index is -0.310. The van der Waals surface area contributed by atoms with Crippen LogP contribution < -0.4 is 10.5 Å². The van der Waals surface area contributed by atoms with Crippen LogP contribution in [-0.4, -0.2) is 36.5 Å². The number of fused-ring (bicyclic) bond motifs is 1. The van der Waals surface area contributed by atoms with E-state index < -0.39 is 0 Å². The van der Waals surface area contributed by atoms with E-state index in [-0.39, 0.29) is 23.6 Å². The van der Waals surface area contributed by atoms with Gasteiger partial charge in [-0.15, -0.1) is 0 Å². The van der Waals surface area contributed by atoms with Gasteiger partial charge in [-0.25, -0.2) is 4.39 Å². The fourth-order valence-electron chi connectivity index (χ4n) is 2.95. The maximum atomic E-state index is 14.0. The van der Waals surface area contributed by atoms with Gasteiger partial charge in [0, 0.05) is 31.6 Å². The van der Waals surface area contributed by atoms with Gasteiger partial charge in [0.15, 0.2) is 5.76 Å². The Balaban J connectivity index is 1.95. The van der Waals surface area contributed by atoms with Crippen LogP contribution in [0, 0.1) is 5.82 Å². The zero-order valence-corrected chi connectivity index (χ0v) is 13.8. The van der Waals surface area contributed by atoms with Crippen molar-refractivity contribution < 1.29 is 18.3 Å². The first-order chi connectivity index (χ1) is 11.6. The first kappa shape index (κ1) is 16.5. The monoisotopic (exact) mass is 332 g/mol. The maximum absolute atomic E-state index is 14.0. The van der Waals surface area contributed by atoms with E-state index in [0.717, 1.165) is 0 Å². The SMILES string of the molecule is CCN(CC)C(=O)c1ccc(-c2ccc(F)c3c2O[C@H](CN)C3)o1. The standard InChI is InChI=1S/C18H21FN2O3/c1-3-21(4-2)18(22)16-8-7-15(24-16)12-5-6-14(19)13-9-11(10-20)23-17(12)13/h5-8,11H,3-4,9-10,20H2,1-2H3/t11-/m0/s1. The number of carbonyl (C=O) groups excluding carboxylic acids is 1. The molecular weight excluding hydrogens is 311 g/mol. The molecule has 24 heavy (non-hydrogen) atoms. The smallest absolute Gasteiger partial charge is 0.289 e. The molecule has 2 heterocycles. The number of rotatable bonds is 5. The summed E-state index contributed by atoms with van der Waals surface area (Å²) in [6.45, 7) is 5.37. The molecule has 2 N–H and O–H groups in total. The van der Waals surface area contributed by atoms with E-state index in [0.29, 0.717) is 48.7 Å². The first-order valence-electron chi connectivity index (χ1n) is 8.16. The Morgan fingerprint density at radius 1 is 1.29 bits per heavy atom.